The summed E-state index contributed by atoms with van der Waals surface area (Å²) in [6.45, 7) is 0.0602. The second-order valence-corrected chi connectivity index (χ2v) is 3.84. The monoisotopic (exact) mass is 283 g/mol. The molecule has 0 fully saturated rings. The minimum atomic E-state index is -4.35. The molecule has 0 aromatic heterocycles. The van der Waals surface area contributed by atoms with E-state index in [2.05, 4.69) is 20.8 Å². The molecule has 6 heteroatoms. The summed E-state index contributed by atoms with van der Waals surface area (Å²) in [5, 5.41) is 0. The van der Waals surface area contributed by atoms with Crippen LogP contribution in [0.1, 0.15) is 11.1 Å². The van der Waals surface area contributed by atoms with Crippen LogP contribution in [0, 0.1) is 0 Å². The van der Waals surface area contributed by atoms with E-state index in [9.17, 15) is 13.2 Å². The van der Waals surface area contributed by atoms with E-state index in [1.54, 1.807) is 6.07 Å². The molecule has 0 aliphatic rings. The minimum Gasteiger partial charge on any atom is -0.304 e. The van der Waals surface area contributed by atoms with Crippen molar-refractivity contribution in [2.24, 2.45) is 5.90 Å². The number of rotatable bonds is 3. The van der Waals surface area contributed by atoms with Crippen LogP contribution in [0.3, 0.4) is 0 Å². The molecule has 0 bridgehead atoms. The lowest BCUT2D eigenvalue weighted by Crippen LogP contribution is -2.12. The Bertz CT molecular complexity index is 341. The Labute approximate surface area is 93.3 Å². The second kappa shape index (κ2) is 4.96. The molecule has 0 aliphatic carbocycles. The van der Waals surface area contributed by atoms with Crippen LogP contribution in [-0.2, 0) is 17.4 Å². The molecule has 0 radical (unpaired) electrons. The Hall–Kier alpha value is -0.590. The van der Waals surface area contributed by atoms with E-state index in [1.165, 1.54) is 6.07 Å². The van der Waals surface area contributed by atoms with Gasteiger partial charge in [0.2, 0.25) is 0 Å². The van der Waals surface area contributed by atoms with Gasteiger partial charge in [-0.3, -0.25) is 0 Å². The molecule has 1 aromatic carbocycles. The van der Waals surface area contributed by atoms with Gasteiger partial charge in [-0.05, 0) is 24.1 Å². The Morgan fingerprint density at radius 3 is 2.53 bits per heavy atom. The molecule has 1 rings (SSSR count). The molecule has 0 saturated carbocycles. The van der Waals surface area contributed by atoms with Gasteiger partial charge >= 0.3 is 6.18 Å². The second-order valence-electron chi connectivity index (χ2n) is 2.92. The molecule has 0 saturated heterocycles. The number of hydrogen-bond acceptors (Lipinski definition) is 2. The number of benzene rings is 1. The van der Waals surface area contributed by atoms with Gasteiger partial charge in [0.15, 0.2) is 0 Å². The highest BCUT2D eigenvalue weighted by atomic mass is 79.9. The highest BCUT2D eigenvalue weighted by molar-refractivity contribution is 9.10. The van der Waals surface area contributed by atoms with Crippen molar-refractivity contribution >= 4 is 15.9 Å². The predicted molar refractivity (Wildman–Crippen MR) is 53.0 cm³/mol. The summed E-state index contributed by atoms with van der Waals surface area (Å²) in [7, 11) is 0. The molecule has 2 nitrogen and oxygen atoms in total. The molecule has 0 spiro atoms. The molecule has 15 heavy (non-hydrogen) atoms. The molecular weight excluding hydrogens is 275 g/mol. The topological polar surface area (TPSA) is 35.2 Å². The number of alkyl halides is 3. The molecule has 2 N–H and O–H groups in total. The van der Waals surface area contributed by atoms with E-state index in [0.717, 1.165) is 6.07 Å². The van der Waals surface area contributed by atoms with Crippen LogP contribution in [0.25, 0.3) is 0 Å². The zero-order valence-electron chi connectivity index (χ0n) is 7.64. The van der Waals surface area contributed by atoms with Crippen LogP contribution in [0.5, 0.6) is 0 Å². The average Bonchev–Trinajstić information content (AvgIpc) is 2.14. The van der Waals surface area contributed by atoms with E-state index in [4.69, 9.17) is 5.90 Å². The molecular formula is C9H9BrF3NO. The Morgan fingerprint density at radius 1 is 1.33 bits per heavy atom. The third kappa shape index (κ3) is 3.48. The van der Waals surface area contributed by atoms with E-state index in [-0.39, 0.29) is 18.6 Å². The molecule has 0 atom stereocenters. The van der Waals surface area contributed by atoms with Crippen molar-refractivity contribution in [2.75, 3.05) is 6.61 Å². The van der Waals surface area contributed by atoms with Gasteiger partial charge in [0.1, 0.15) is 0 Å². The van der Waals surface area contributed by atoms with Crippen molar-refractivity contribution in [2.45, 2.75) is 12.6 Å². The van der Waals surface area contributed by atoms with Gasteiger partial charge in [-0.2, -0.15) is 13.2 Å². The van der Waals surface area contributed by atoms with Gasteiger partial charge in [-0.25, -0.2) is 5.90 Å². The molecule has 1 aromatic rings. The highest BCUT2D eigenvalue weighted by Gasteiger charge is 2.33. The van der Waals surface area contributed by atoms with Gasteiger partial charge in [-0.1, -0.05) is 22.0 Å². The predicted octanol–water partition coefficient (Wildman–Crippen LogP) is 2.90. The highest BCUT2D eigenvalue weighted by Crippen LogP contribution is 2.34. The van der Waals surface area contributed by atoms with Gasteiger partial charge in [0.05, 0.1) is 12.2 Å². The summed E-state index contributed by atoms with van der Waals surface area (Å²) < 4.78 is 38.1. The third-order valence-electron chi connectivity index (χ3n) is 1.87. The first-order valence-corrected chi connectivity index (χ1v) is 4.91. The summed E-state index contributed by atoms with van der Waals surface area (Å²) >= 11 is 3.00. The molecule has 84 valence electrons. The first-order chi connectivity index (χ1) is 6.95. The standard InChI is InChI=1S/C9H9BrF3NO/c10-7-2-1-6(3-4-15-14)8(5-7)9(11,12)13/h1-2,5H,3-4,14H2. The van der Waals surface area contributed by atoms with Crippen LogP contribution in [0.2, 0.25) is 0 Å². The summed E-state index contributed by atoms with van der Waals surface area (Å²) in [6.07, 6.45) is -4.22. The van der Waals surface area contributed by atoms with E-state index < -0.39 is 11.7 Å². The SMILES string of the molecule is NOCCc1ccc(Br)cc1C(F)(F)F. The molecule has 0 amide bonds. The summed E-state index contributed by atoms with van der Waals surface area (Å²) in [5.41, 5.74) is -0.481. The maximum atomic E-state index is 12.6. The van der Waals surface area contributed by atoms with Crippen molar-refractivity contribution < 1.29 is 18.0 Å². The number of nitrogens with two attached hydrogens (primary N) is 1. The summed E-state index contributed by atoms with van der Waals surface area (Å²) in [4.78, 5) is 4.26. The van der Waals surface area contributed by atoms with Crippen LogP contribution >= 0.6 is 15.9 Å². The maximum absolute atomic E-state index is 12.6. The average molecular weight is 284 g/mol. The van der Waals surface area contributed by atoms with Gasteiger partial charge in [0.25, 0.3) is 0 Å². The van der Waals surface area contributed by atoms with Crippen molar-refractivity contribution in [3.63, 3.8) is 0 Å². The van der Waals surface area contributed by atoms with Crippen molar-refractivity contribution in [1.29, 1.82) is 0 Å². The lowest BCUT2D eigenvalue weighted by molar-refractivity contribution is -0.138. The minimum absolute atomic E-state index is 0.0602. The third-order valence-corrected chi connectivity index (χ3v) is 2.36. The van der Waals surface area contributed by atoms with Gasteiger partial charge in [0, 0.05) is 4.47 Å². The van der Waals surface area contributed by atoms with Crippen molar-refractivity contribution in [1.82, 2.24) is 0 Å². The summed E-state index contributed by atoms with van der Waals surface area (Å²) in [5.74, 6) is 4.77. The lowest BCUT2D eigenvalue weighted by Gasteiger charge is -2.12. The fourth-order valence-electron chi connectivity index (χ4n) is 1.20. The maximum Gasteiger partial charge on any atom is 0.416 e. The lowest BCUT2D eigenvalue weighted by atomic mass is 10.0. The van der Waals surface area contributed by atoms with E-state index in [0.29, 0.717) is 4.47 Å². The smallest absolute Gasteiger partial charge is 0.304 e. The quantitative estimate of drug-likeness (QED) is 0.866. The number of hydrogen-bond donors (Lipinski definition) is 1. The van der Waals surface area contributed by atoms with Crippen LogP contribution in [-0.4, -0.2) is 6.61 Å². The van der Waals surface area contributed by atoms with Crippen molar-refractivity contribution in [3.05, 3.63) is 33.8 Å². The van der Waals surface area contributed by atoms with Gasteiger partial charge < -0.3 is 4.84 Å². The van der Waals surface area contributed by atoms with Crippen LogP contribution < -0.4 is 5.90 Å². The molecule has 0 heterocycles. The first-order valence-electron chi connectivity index (χ1n) is 4.12. The molecule has 0 aliphatic heterocycles. The molecule has 0 unspecified atom stereocenters. The fraction of sp³-hybridized carbons (Fsp3) is 0.333. The normalized spacial score (nSPS) is 11.8. The van der Waals surface area contributed by atoms with Crippen LogP contribution in [0.4, 0.5) is 13.2 Å². The zero-order chi connectivity index (χ0) is 11.5. The zero-order valence-corrected chi connectivity index (χ0v) is 9.23. The van der Waals surface area contributed by atoms with E-state index >= 15 is 0 Å². The van der Waals surface area contributed by atoms with Crippen molar-refractivity contribution in [3.8, 4) is 0 Å². The number of halogens is 4. The Morgan fingerprint density at radius 2 is 2.00 bits per heavy atom. The fourth-order valence-corrected chi connectivity index (χ4v) is 1.56. The van der Waals surface area contributed by atoms with E-state index in [1.807, 2.05) is 0 Å². The Balaban J connectivity index is 3.04. The Kier molecular flexibility index (Phi) is 4.12. The van der Waals surface area contributed by atoms with Crippen LogP contribution in [0.15, 0.2) is 22.7 Å². The first kappa shape index (κ1) is 12.5. The largest absolute Gasteiger partial charge is 0.416 e. The van der Waals surface area contributed by atoms with Gasteiger partial charge in [-0.15, -0.1) is 0 Å². The summed E-state index contributed by atoms with van der Waals surface area (Å²) in [6, 6.07) is 4.01.